The molecule has 0 saturated heterocycles. The van der Waals surface area contributed by atoms with Crippen LogP contribution in [0.5, 0.6) is 0 Å². The number of carbonyl (C=O) groups is 1. The Kier molecular flexibility index (Phi) is 3.35. The van der Waals surface area contributed by atoms with Crippen LogP contribution in [0, 0.1) is 23.0 Å². The molecule has 0 spiro atoms. The second-order valence-corrected chi connectivity index (χ2v) is 5.07. The normalized spacial score (nSPS) is 16.3. The largest absolute Gasteiger partial charge is 0.322 e. The molecule has 110 valence electrons. The maximum Gasteiger partial charge on any atom is 0.258 e. The van der Waals surface area contributed by atoms with E-state index < -0.39 is 23.6 Å². The highest BCUT2D eigenvalue weighted by Gasteiger charge is 2.31. The fraction of sp³-hybridized carbons (Fsp3) is 0.125. The van der Waals surface area contributed by atoms with Crippen molar-refractivity contribution >= 4 is 11.6 Å². The topological polar surface area (TPSA) is 70.1 Å². The number of rotatable bonds is 1. The van der Waals surface area contributed by atoms with Crippen LogP contribution in [0.25, 0.3) is 0 Å². The minimum atomic E-state index is -0.821. The zero-order chi connectivity index (χ0) is 15.9. The molecule has 2 aromatic rings. The molecule has 1 amide bonds. The van der Waals surface area contributed by atoms with Gasteiger partial charge in [-0.2, -0.15) is 5.26 Å². The van der Waals surface area contributed by atoms with Crippen molar-refractivity contribution in [2.24, 2.45) is 5.73 Å². The Morgan fingerprint density at radius 3 is 2.55 bits per heavy atom. The number of halogens is 2. The lowest BCUT2D eigenvalue weighted by Gasteiger charge is -2.17. The summed E-state index contributed by atoms with van der Waals surface area (Å²) in [5.41, 5.74) is 7.49. The van der Waals surface area contributed by atoms with Crippen molar-refractivity contribution < 1.29 is 13.6 Å². The number of nitrogens with zero attached hydrogens (tertiary/aromatic N) is 2. The maximum atomic E-state index is 13.3. The fourth-order valence-electron chi connectivity index (χ4n) is 2.58. The number of amides is 1. The van der Waals surface area contributed by atoms with E-state index in [1.807, 2.05) is 6.07 Å². The summed E-state index contributed by atoms with van der Waals surface area (Å²) in [6, 6.07) is 9.11. The number of hydrogen-bond acceptors (Lipinski definition) is 3. The Bertz CT molecular complexity index is 793. The van der Waals surface area contributed by atoms with Gasteiger partial charge in [0.2, 0.25) is 0 Å². The summed E-state index contributed by atoms with van der Waals surface area (Å²) in [6.07, 6.45) is 0. The molecule has 0 saturated carbocycles. The van der Waals surface area contributed by atoms with Crippen LogP contribution >= 0.6 is 0 Å². The molecule has 0 bridgehead atoms. The lowest BCUT2D eigenvalue weighted by Crippen LogP contribution is -2.31. The summed E-state index contributed by atoms with van der Waals surface area (Å²) in [4.78, 5) is 13.9. The van der Waals surface area contributed by atoms with E-state index in [1.165, 1.54) is 4.90 Å². The third-order valence-corrected chi connectivity index (χ3v) is 3.58. The Labute approximate surface area is 125 Å². The van der Waals surface area contributed by atoms with Crippen molar-refractivity contribution in [1.29, 1.82) is 5.26 Å². The molecule has 4 nitrogen and oxygen atoms in total. The molecule has 1 atom stereocenters. The summed E-state index contributed by atoms with van der Waals surface area (Å²) >= 11 is 0. The summed E-state index contributed by atoms with van der Waals surface area (Å²) in [5.74, 6) is -2.20. The minimum absolute atomic E-state index is 0.0973. The smallest absolute Gasteiger partial charge is 0.258 e. The first-order chi connectivity index (χ1) is 10.5. The maximum absolute atomic E-state index is 13.3. The molecule has 1 aliphatic rings. The average Bonchev–Trinajstić information content (AvgIpc) is 2.82. The van der Waals surface area contributed by atoms with Crippen LogP contribution in [0.15, 0.2) is 36.4 Å². The number of anilines is 1. The zero-order valence-electron chi connectivity index (χ0n) is 11.4. The van der Waals surface area contributed by atoms with Gasteiger partial charge in [-0.3, -0.25) is 4.79 Å². The van der Waals surface area contributed by atoms with Crippen LogP contribution in [0.2, 0.25) is 0 Å². The van der Waals surface area contributed by atoms with Crippen LogP contribution in [0.4, 0.5) is 14.5 Å². The van der Waals surface area contributed by atoms with E-state index in [0.29, 0.717) is 17.3 Å². The Morgan fingerprint density at radius 2 is 1.91 bits per heavy atom. The molecule has 1 aliphatic heterocycles. The second-order valence-electron chi connectivity index (χ2n) is 5.07. The van der Waals surface area contributed by atoms with Gasteiger partial charge in [0.1, 0.15) is 11.6 Å². The summed E-state index contributed by atoms with van der Waals surface area (Å²) < 4.78 is 26.6. The molecule has 0 aromatic heterocycles. The van der Waals surface area contributed by atoms with Gasteiger partial charge in [-0.1, -0.05) is 6.07 Å². The fourth-order valence-corrected chi connectivity index (χ4v) is 2.58. The summed E-state index contributed by atoms with van der Waals surface area (Å²) in [5, 5.41) is 8.97. The predicted molar refractivity (Wildman–Crippen MR) is 76.1 cm³/mol. The van der Waals surface area contributed by atoms with E-state index >= 15 is 0 Å². The number of benzene rings is 2. The standard InChI is InChI=1S/C16H11F2N3O/c17-11-4-10(5-12(18)6-11)16(22)21-8-14(20)13-2-1-9(7-19)3-15(13)21/h1-6,14H,8,20H2. The number of nitrogens with two attached hydrogens (primary N) is 1. The van der Waals surface area contributed by atoms with Crippen LogP contribution in [-0.4, -0.2) is 12.5 Å². The minimum Gasteiger partial charge on any atom is -0.322 e. The Morgan fingerprint density at radius 1 is 1.23 bits per heavy atom. The monoisotopic (exact) mass is 299 g/mol. The lowest BCUT2D eigenvalue weighted by atomic mass is 10.1. The summed E-state index contributed by atoms with van der Waals surface area (Å²) in [6.45, 7) is 0.196. The number of nitriles is 1. The molecule has 22 heavy (non-hydrogen) atoms. The molecule has 0 fully saturated rings. The first kappa shape index (κ1) is 14.2. The second kappa shape index (κ2) is 5.20. The Hall–Kier alpha value is -2.78. The SMILES string of the molecule is N#Cc1ccc2c(c1)N(C(=O)c1cc(F)cc(F)c1)CC2N. The van der Waals surface area contributed by atoms with E-state index in [1.54, 1.807) is 18.2 Å². The first-order valence-corrected chi connectivity index (χ1v) is 6.57. The van der Waals surface area contributed by atoms with Gasteiger partial charge in [0.15, 0.2) is 0 Å². The van der Waals surface area contributed by atoms with Gasteiger partial charge in [0.25, 0.3) is 5.91 Å². The van der Waals surface area contributed by atoms with Crippen LogP contribution < -0.4 is 10.6 Å². The van der Waals surface area contributed by atoms with Crippen molar-refractivity contribution in [2.75, 3.05) is 11.4 Å². The highest BCUT2D eigenvalue weighted by molar-refractivity contribution is 6.07. The number of hydrogen-bond donors (Lipinski definition) is 1. The quantitative estimate of drug-likeness (QED) is 0.879. The van der Waals surface area contributed by atoms with Crippen LogP contribution in [0.1, 0.15) is 27.5 Å². The lowest BCUT2D eigenvalue weighted by molar-refractivity contribution is 0.0987. The van der Waals surface area contributed by atoms with Crippen LogP contribution in [0.3, 0.4) is 0 Å². The van der Waals surface area contributed by atoms with Crippen molar-refractivity contribution in [3.63, 3.8) is 0 Å². The van der Waals surface area contributed by atoms with E-state index in [0.717, 1.165) is 17.7 Å². The molecule has 3 rings (SSSR count). The van der Waals surface area contributed by atoms with Gasteiger partial charge in [-0.15, -0.1) is 0 Å². The molecule has 0 radical (unpaired) electrons. The van der Waals surface area contributed by atoms with E-state index in [4.69, 9.17) is 11.0 Å². The highest BCUT2D eigenvalue weighted by atomic mass is 19.1. The Balaban J connectivity index is 2.04. The van der Waals surface area contributed by atoms with E-state index in [9.17, 15) is 13.6 Å². The van der Waals surface area contributed by atoms with Crippen molar-refractivity contribution in [3.8, 4) is 6.07 Å². The van der Waals surface area contributed by atoms with E-state index in [-0.39, 0.29) is 12.1 Å². The third kappa shape index (κ3) is 2.32. The van der Waals surface area contributed by atoms with Gasteiger partial charge in [0.05, 0.1) is 17.3 Å². The zero-order valence-corrected chi connectivity index (χ0v) is 11.4. The van der Waals surface area contributed by atoms with Crippen molar-refractivity contribution in [1.82, 2.24) is 0 Å². The predicted octanol–water partition coefficient (Wildman–Crippen LogP) is 2.50. The molecule has 2 N–H and O–H groups in total. The molecule has 1 unspecified atom stereocenters. The summed E-state index contributed by atoms with van der Waals surface area (Å²) in [7, 11) is 0. The van der Waals surface area contributed by atoms with Gasteiger partial charge < -0.3 is 10.6 Å². The molecule has 1 heterocycles. The van der Waals surface area contributed by atoms with Gasteiger partial charge in [-0.05, 0) is 29.8 Å². The molecular formula is C16H11F2N3O. The highest BCUT2D eigenvalue weighted by Crippen LogP contribution is 2.35. The number of fused-ring (bicyclic) bond motifs is 1. The molecule has 0 aliphatic carbocycles. The first-order valence-electron chi connectivity index (χ1n) is 6.57. The van der Waals surface area contributed by atoms with E-state index in [2.05, 4.69) is 0 Å². The van der Waals surface area contributed by atoms with Crippen molar-refractivity contribution in [3.05, 3.63) is 64.7 Å². The van der Waals surface area contributed by atoms with Crippen molar-refractivity contribution in [2.45, 2.75) is 6.04 Å². The third-order valence-electron chi connectivity index (χ3n) is 3.58. The molecule has 2 aromatic carbocycles. The average molecular weight is 299 g/mol. The van der Waals surface area contributed by atoms with Gasteiger partial charge >= 0.3 is 0 Å². The molecule has 6 heteroatoms. The van der Waals surface area contributed by atoms with Gasteiger partial charge in [-0.25, -0.2) is 8.78 Å². The van der Waals surface area contributed by atoms with Gasteiger partial charge in [0, 0.05) is 24.2 Å². The van der Waals surface area contributed by atoms with Crippen LogP contribution in [-0.2, 0) is 0 Å². The number of carbonyl (C=O) groups excluding carboxylic acids is 1. The molecular weight excluding hydrogens is 288 g/mol.